The first-order valence-corrected chi connectivity index (χ1v) is 4.39. The summed E-state index contributed by atoms with van der Waals surface area (Å²) in [6.45, 7) is 0.231. The molecule has 8 heteroatoms. The van der Waals surface area contributed by atoms with Crippen molar-refractivity contribution in [1.82, 2.24) is 4.98 Å². The Balaban J connectivity index is 3.28. The summed E-state index contributed by atoms with van der Waals surface area (Å²) in [4.78, 5) is 3.34. The van der Waals surface area contributed by atoms with E-state index in [-0.39, 0.29) is 5.69 Å². The number of ether oxygens (including phenoxy) is 1. The number of rotatable bonds is 3. The minimum Gasteiger partial charge on any atom is -0.391 e. The lowest BCUT2D eigenvalue weighted by Crippen LogP contribution is -2.20. The minimum absolute atomic E-state index is 0.0586. The number of aliphatic hydroxyl groups is 1. The van der Waals surface area contributed by atoms with Crippen LogP contribution < -0.4 is 4.74 Å². The van der Waals surface area contributed by atoms with Crippen LogP contribution in [0.1, 0.15) is 23.2 Å². The van der Waals surface area contributed by atoms with Crippen LogP contribution in [0.25, 0.3) is 0 Å². The second-order valence-electron chi connectivity index (χ2n) is 3.14. The molecule has 0 aliphatic heterocycles. The Labute approximate surface area is 92.8 Å². The fourth-order valence-electron chi connectivity index (χ4n) is 1.24. The first kappa shape index (κ1) is 13.6. The van der Waals surface area contributed by atoms with Crippen LogP contribution in [0, 0.1) is 6.92 Å². The lowest BCUT2D eigenvalue weighted by molar-refractivity contribution is -0.276. The second-order valence-corrected chi connectivity index (χ2v) is 3.14. The van der Waals surface area contributed by atoms with E-state index in [0.29, 0.717) is 0 Å². The van der Waals surface area contributed by atoms with Gasteiger partial charge in [-0.3, -0.25) is 0 Å². The van der Waals surface area contributed by atoms with Gasteiger partial charge in [-0.15, -0.1) is 13.2 Å². The normalized spacial score (nSPS) is 12.0. The van der Waals surface area contributed by atoms with Gasteiger partial charge in [-0.05, 0) is 13.0 Å². The summed E-state index contributed by atoms with van der Waals surface area (Å²) >= 11 is 0. The Morgan fingerprint density at radius 3 is 2.41 bits per heavy atom. The van der Waals surface area contributed by atoms with E-state index in [4.69, 9.17) is 5.11 Å². The van der Waals surface area contributed by atoms with Crippen LogP contribution in [0.15, 0.2) is 6.07 Å². The molecule has 1 aromatic rings. The zero-order valence-corrected chi connectivity index (χ0v) is 8.55. The maximum Gasteiger partial charge on any atom is 0.574 e. The van der Waals surface area contributed by atoms with Crippen molar-refractivity contribution in [1.29, 1.82) is 0 Å². The predicted octanol–water partition coefficient (Wildman–Crippen LogP) is 2.72. The summed E-state index contributed by atoms with van der Waals surface area (Å²) in [5.74, 6) is -1.05. The number of aromatic nitrogens is 1. The Morgan fingerprint density at radius 1 is 1.41 bits per heavy atom. The molecule has 0 aliphatic rings. The van der Waals surface area contributed by atoms with Crippen LogP contribution in [0.4, 0.5) is 22.0 Å². The number of aryl methyl sites for hydroxylation is 1. The summed E-state index contributed by atoms with van der Waals surface area (Å²) in [7, 11) is 0. The third-order valence-electron chi connectivity index (χ3n) is 1.85. The number of hydrogen-bond donors (Lipinski definition) is 1. The van der Waals surface area contributed by atoms with E-state index in [0.717, 1.165) is 6.07 Å². The van der Waals surface area contributed by atoms with E-state index in [2.05, 4.69) is 9.72 Å². The van der Waals surface area contributed by atoms with Crippen molar-refractivity contribution in [3.8, 4) is 5.88 Å². The fourth-order valence-corrected chi connectivity index (χ4v) is 1.24. The van der Waals surface area contributed by atoms with Crippen molar-refractivity contribution in [2.75, 3.05) is 0 Å². The van der Waals surface area contributed by atoms with E-state index in [1.807, 2.05) is 0 Å². The zero-order valence-electron chi connectivity index (χ0n) is 8.55. The molecule has 1 aromatic heterocycles. The van der Waals surface area contributed by atoms with Gasteiger partial charge < -0.3 is 9.84 Å². The SMILES string of the molecule is Cc1cc(C(F)F)c(CO)c(OC(F)(F)F)n1. The highest BCUT2D eigenvalue weighted by molar-refractivity contribution is 5.37. The van der Waals surface area contributed by atoms with Gasteiger partial charge in [0.1, 0.15) is 0 Å². The molecule has 0 spiro atoms. The molecule has 1 heterocycles. The average molecular weight is 257 g/mol. The van der Waals surface area contributed by atoms with Gasteiger partial charge in [0, 0.05) is 16.8 Å². The summed E-state index contributed by atoms with van der Waals surface area (Å²) in [6.07, 6.45) is -8.07. The van der Waals surface area contributed by atoms with E-state index in [1.54, 1.807) is 0 Å². The molecule has 0 amide bonds. The van der Waals surface area contributed by atoms with Crippen molar-refractivity contribution in [3.05, 3.63) is 22.9 Å². The lowest BCUT2D eigenvalue weighted by atomic mass is 10.1. The molecular formula is C9H8F5NO2. The van der Waals surface area contributed by atoms with Gasteiger partial charge >= 0.3 is 6.36 Å². The fraction of sp³-hybridized carbons (Fsp3) is 0.444. The molecule has 1 rings (SSSR count). The highest BCUT2D eigenvalue weighted by Crippen LogP contribution is 2.32. The third kappa shape index (κ3) is 3.52. The Bertz CT molecular complexity index is 405. The number of halogens is 5. The average Bonchev–Trinajstić information content (AvgIpc) is 2.14. The Morgan fingerprint density at radius 2 is 2.00 bits per heavy atom. The van der Waals surface area contributed by atoms with Crippen LogP contribution in [-0.2, 0) is 6.61 Å². The van der Waals surface area contributed by atoms with Gasteiger partial charge in [0.15, 0.2) is 0 Å². The van der Waals surface area contributed by atoms with E-state index in [9.17, 15) is 22.0 Å². The highest BCUT2D eigenvalue weighted by atomic mass is 19.4. The lowest BCUT2D eigenvalue weighted by Gasteiger charge is -2.14. The molecule has 0 aliphatic carbocycles. The Kier molecular flexibility index (Phi) is 3.87. The van der Waals surface area contributed by atoms with Crippen molar-refractivity contribution in [3.63, 3.8) is 0 Å². The van der Waals surface area contributed by atoms with E-state index < -0.39 is 36.4 Å². The number of pyridine rings is 1. The largest absolute Gasteiger partial charge is 0.574 e. The van der Waals surface area contributed by atoms with Crippen molar-refractivity contribution in [2.45, 2.75) is 26.3 Å². The molecule has 0 radical (unpaired) electrons. The molecule has 0 atom stereocenters. The highest BCUT2D eigenvalue weighted by Gasteiger charge is 2.34. The molecule has 0 saturated carbocycles. The summed E-state index contributed by atoms with van der Waals surface area (Å²) in [5.41, 5.74) is -1.45. The van der Waals surface area contributed by atoms with Crippen molar-refractivity contribution < 1.29 is 31.8 Å². The molecule has 96 valence electrons. The molecule has 0 saturated heterocycles. The number of hydrogen-bond acceptors (Lipinski definition) is 3. The van der Waals surface area contributed by atoms with Crippen LogP contribution in [0.5, 0.6) is 5.88 Å². The molecule has 1 N–H and O–H groups in total. The van der Waals surface area contributed by atoms with Crippen molar-refractivity contribution in [2.24, 2.45) is 0 Å². The summed E-state index contributed by atoms with van der Waals surface area (Å²) < 4.78 is 64.5. The predicted molar refractivity (Wildman–Crippen MR) is 46.5 cm³/mol. The monoisotopic (exact) mass is 257 g/mol. The van der Waals surface area contributed by atoms with E-state index in [1.165, 1.54) is 6.92 Å². The number of nitrogens with zero attached hydrogens (tertiary/aromatic N) is 1. The topological polar surface area (TPSA) is 42.4 Å². The second kappa shape index (κ2) is 4.82. The van der Waals surface area contributed by atoms with Crippen LogP contribution in [0.3, 0.4) is 0 Å². The zero-order chi connectivity index (χ0) is 13.2. The quantitative estimate of drug-likeness (QED) is 0.846. The van der Waals surface area contributed by atoms with E-state index >= 15 is 0 Å². The first-order chi connectivity index (χ1) is 7.74. The van der Waals surface area contributed by atoms with Gasteiger partial charge in [0.05, 0.1) is 6.61 Å². The maximum atomic E-state index is 12.5. The molecule has 0 fully saturated rings. The minimum atomic E-state index is -5.05. The van der Waals surface area contributed by atoms with Crippen molar-refractivity contribution >= 4 is 0 Å². The molecule has 0 bridgehead atoms. The Hall–Kier alpha value is -1.44. The third-order valence-corrected chi connectivity index (χ3v) is 1.85. The molecular weight excluding hydrogens is 249 g/mol. The van der Waals surface area contributed by atoms with Crippen LogP contribution in [0.2, 0.25) is 0 Å². The molecule has 17 heavy (non-hydrogen) atoms. The van der Waals surface area contributed by atoms with Crippen LogP contribution >= 0.6 is 0 Å². The van der Waals surface area contributed by atoms with Gasteiger partial charge in [-0.25, -0.2) is 13.8 Å². The van der Waals surface area contributed by atoms with Crippen LogP contribution in [-0.4, -0.2) is 16.5 Å². The summed E-state index contributed by atoms with van der Waals surface area (Å²) in [6, 6.07) is 0.902. The van der Waals surface area contributed by atoms with Gasteiger partial charge in [0.25, 0.3) is 6.43 Å². The standard InChI is InChI=1S/C9H8F5NO2/c1-4-2-5(7(10)11)6(3-16)8(15-4)17-9(12,13)14/h2,7,16H,3H2,1H3. The maximum absolute atomic E-state index is 12.5. The number of aliphatic hydroxyl groups excluding tert-OH is 1. The van der Waals surface area contributed by atoms with Gasteiger partial charge in [-0.2, -0.15) is 0 Å². The summed E-state index contributed by atoms with van der Waals surface area (Å²) in [5, 5.41) is 8.82. The molecule has 0 unspecified atom stereocenters. The van der Waals surface area contributed by atoms with Gasteiger partial charge in [-0.1, -0.05) is 0 Å². The first-order valence-electron chi connectivity index (χ1n) is 4.39. The molecule has 3 nitrogen and oxygen atoms in total. The molecule has 0 aromatic carbocycles. The smallest absolute Gasteiger partial charge is 0.391 e. The number of alkyl halides is 5. The van der Waals surface area contributed by atoms with Gasteiger partial charge in [0.2, 0.25) is 5.88 Å².